The van der Waals surface area contributed by atoms with Crippen LogP contribution in [0.15, 0.2) is 28.3 Å². The van der Waals surface area contributed by atoms with Crippen molar-refractivity contribution in [3.63, 3.8) is 0 Å². The van der Waals surface area contributed by atoms with E-state index in [0.29, 0.717) is 21.3 Å². The normalized spacial score (nSPS) is 11.7. The number of benzene rings is 1. The Kier molecular flexibility index (Phi) is 5.48. The second-order valence-electron chi connectivity index (χ2n) is 4.90. The van der Waals surface area contributed by atoms with E-state index in [4.69, 9.17) is 5.73 Å². The van der Waals surface area contributed by atoms with Crippen molar-refractivity contribution in [3.05, 3.63) is 34.3 Å². The van der Waals surface area contributed by atoms with Gasteiger partial charge >= 0.3 is 0 Å². The minimum Gasteiger partial charge on any atom is -0.508 e. The number of phenolic OH excluding ortho intramolecular Hbond substituents is 1. The number of aromatic hydroxyl groups is 1. The molecule has 5 N–H and O–H groups in total. The number of hydrogen-bond acceptors (Lipinski definition) is 5. The van der Waals surface area contributed by atoms with Gasteiger partial charge in [-0.25, -0.2) is 9.98 Å². The Morgan fingerprint density at radius 3 is 2.83 bits per heavy atom. The van der Waals surface area contributed by atoms with Gasteiger partial charge in [-0.15, -0.1) is 0 Å². The fourth-order valence-electron chi connectivity index (χ4n) is 1.90. The third-order valence-corrected chi connectivity index (χ3v) is 4.07. The van der Waals surface area contributed by atoms with Crippen molar-refractivity contribution < 1.29 is 9.90 Å². The number of carbonyl (C=O) groups excluding carboxylic acids is 1. The van der Waals surface area contributed by atoms with Crippen molar-refractivity contribution in [3.8, 4) is 5.75 Å². The van der Waals surface area contributed by atoms with E-state index < -0.39 is 0 Å². The Morgan fingerprint density at radius 1 is 1.38 bits per heavy atom. The second kappa shape index (κ2) is 7.55. The smallest absolute Gasteiger partial charge is 0.267 e. The molecule has 9 heteroatoms. The molecule has 0 spiro atoms. The highest BCUT2D eigenvalue weighted by Gasteiger charge is 2.15. The molecular formula is C15H18N6O2S. The number of amides is 1. The van der Waals surface area contributed by atoms with E-state index in [2.05, 4.69) is 25.6 Å². The molecule has 0 bridgehead atoms. The summed E-state index contributed by atoms with van der Waals surface area (Å²) in [5.41, 5.74) is 7.70. The minimum atomic E-state index is -0.317. The Balaban J connectivity index is 2.13. The Bertz CT molecular complexity index is 812. The molecule has 0 aliphatic carbocycles. The lowest BCUT2D eigenvalue weighted by molar-refractivity contribution is 0.103. The number of rotatable bonds is 4. The molecule has 0 fully saturated rings. The van der Waals surface area contributed by atoms with Gasteiger partial charge in [0.05, 0.1) is 11.9 Å². The molecule has 0 saturated heterocycles. The first-order chi connectivity index (χ1) is 11.4. The number of nitrogens with zero attached hydrogens (tertiary/aromatic N) is 3. The first-order valence-corrected chi connectivity index (χ1v) is 7.81. The van der Waals surface area contributed by atoms with Gasteiger partial charge in [0.2, 0.25) is 5.96 Å². The zero-order valence-electron chi connectivity index (χ0n) is 13.5. The second-order valence-corrected chi connectivity index (χ2v) is 5.93. The predicted molar refractivity (Wildman–Crippen MR) is 97.3 cm³/mol. The summed E-state index contributed by atoms with van der Waals surface area (Å²) in [4.78, 5) is 24.4. The van der Waals surface area contributed by atoms with Crippen LogP contribution < -0.4 is 16.4 Å². The molecule has 0 aliphatic heterocycles. The third-order valence-electron chi connectivity index (χ3n) is 3.16. The van der Waals surface area contributed by atoms with Crippen molar-refractivity contribution in [1.29, 1.82) is 0 Å². The SMILES string of the molecule is CN=CN=C(N)Nc1ncc(C(=O)Nc2c(C)ccc(O)c2C)s1. The molecule has 0 radical (unpaired) electrons. The van der Waals surface area contributed by atoms with Crippen LogP contribution in [-0.4, -0.2) is 35.3 Å². The molecule has 0 aliphatic rings. The molecule has 0 unspecified atom stereocenters. The summed E-state index contributed by atoms with van der Waals surface area (Å²) in [6.07, 6.45) is 2.74. The van der Waals surface area contributed by atoms with Crippen LogP contribution >= 0.6 is 11.3 Å². The molecule has 24 heavy (non-hydrogen) atoms. The zero-order chi connectivity index (χ0) is 17.7. The highest BCUT2D eigenvalue weighted by atomic mass is 32.1. The highest BCUT2D eigenvalue weighted by Crippen LogP contribution is 2.29. The maximum absolute atomic E-state index is 12.4. The fourth-order valence-corrected chi connectivity index (χ4v) is 2.62. The quantitative estimate of drug-likeness (QED) is 0.498. The van der Waals surface area contributed by atoms with Crippen LogP contribution in [0.25, 0.3) is 0 Å². The van der Waals surface area contributed by atoms with E-state index in [1.54, 1.807) is 26.1 Å². The molecule has 0 atom stereocenters. The number of anilines is 2. The first kappa shape index (κ1) is 17.4. The molecule has 1 aromatic heterocycles. The van der Waals surface area contributed by atoms with Crippen LogP contribution in [-0.2, 0) is 0 Å². The van der Waals surface area contributed by atoms with E-state index in [-0.39, 0.29) is 17.6 Å². The Morgan fingerprint density at radius 2 is 2.12 bits per heavy atom. The van der Waals surface area contributed by atoms with Crippen LogP contribution in [0.5, 0.6) is 5.75 Å². The van der Waals surface area contributed by atoms with Crippen LogP contribution in [0.2, 0.25) is 0 Å². The maximum Gasteiger partial charge on any atom is 0.267 e. The topological polar surface area (TPSA) is 125 Å². The molecule has 1 amide bonds. The lowest BCUT2D eigenvalue weighted by atomic mass is 10.1. The van der Waals surface area contributed by atoms with Gasteiger partial charge in [0.25, 0.3) is 5.91 Å². The maximum atomic E-state index is 12.4. The first-order valence-electron chi connectivity index (χ1n) is 6.99. The monoisotopic (exact) mass is 346 g/mol. The minimum absolute atomic E-state index is 0.126. The largest absolute Gasteiger partial charge is 0.508 e. The van der Waals surface area contributed by atoms with Crippen LogP contribution in [0.4, 0.5) is 10.8 Å². The van der Waals surface area contributed by atoms with Gasteiger partial charge in [0.1, 0.15) is 17.0 Å². The summed E-state index contributed by atoms with van der Waals surface area (Å²) in [6, 6.07) is 3.33. The average Bonchev–Trinajstić information content (AvgIpc) is 3.01. The van der Waals surface area contributed by atoms with Gasteiger partial charge < -0.3 is 21.5 Å². The average molecular weight is 346 g/mol. The number of hydrogen-bond donors (Lipinski definition) is 4. The van der Waals surface area contributed by atoms with Gasteiger partial charge in [-0.2, -0.15) is 0 Å². The summed E-state index contributed by atoms with van der Waals surface area (Å²) in [7, 11) is 1.58. The molecule has 1 aromatic carbocycles. The summed E-state index contributed by atoms with van der Waals surface area (Å²) < 4.78 is 0. The number of nitrogens with two attached hydrogens (primary N) is 1. The van der Waals surface area contributed by atoms with Crippen molar-refractivity contribution in [2.24, 2.45) is 15.7 Å². The Labute approximate surface area is 143 Å². The van der Waals surface area contributed by atoms with Gasteiger partial charge in [-0.1, -0.05) is 17.4 Å². The number of aromatic nitrogens is 1. The van der Waals surface area contributed by atoms with E-state index in [1.165, 1.54) is 12.5 Å². The van der Waals surface area contributed by atoms with Crippen LogP contribution in [0.1, 0.15) is 20.8 Å². The van der Waals surface area contributed by atoms with Gasteiger partial charge in [-0.05, 0) is 25.5 Å². The lowest BCUT2D eigenvalue weighted by Crippen LogP contribution is -2.22. The zero-order valence-corrected chi connectivity index (χ0v) is 14.3. The van der Waals surface area contributed by atoms with Crippen molar-refractivity contribution >= 4 is 40.4 Å². The fraction of sp³-hybridized carbons (Fsp3) is 0.200. The van der Waals surface area contributed by atoms with Gasteiger partial charge in [-0.3, -0.25) is 9.79 Å². The number of phenols is 1. The Hall–Kier alpha value is -2.94. The summed E-state index contributed by atoms with van der Waals surface area (Å²) in [6.45, 7) is 3.60. The number of guanidine groups is 1. The highest BCUT2D eigenvalue weighted by molar-refractivity contribution is 7.17. The standard InChI is InChI=1S/C15H18N6O2S/c1-8-4-5-10(22)9(2)12(8)20-13(23)11-6-18-15(24-11)21-14(16)19-7-17-3/h4-7,22H,1-3H3,(H,20,23)(H3,16,17,18,19,21). The van der Waals surface area contributed by atoms with E-state index in [0.717, 1.165) is 16.9 Å². The molecule has 0 saturated carbocycles. The summed E-state index contributed by atoms with van der Waals surface area (Å²) in [5.74, 6) is -0.0614. The van der Waals surface area contributed by atoms with Crippen LogP contribution in [0, 0.1) is 13.8 Å². The molecule has 1 heterocycles. The lowest BCUT2D eigenvalue weighted by Gasteiger charge is -2.11. The summed E-state index contributed by atoms with van der Waals surface area (Å²) in [5, 5.41) is 15.8. The van der Waals surface area contributed by atoms with Gasteiger partial charge in [0.15, 0.2) is 5.13 Å². The van der Waals surface area contributed by atoms with Crippen molar-refractivity contribution in [2.75, 3.05) is 17.7 Å². The number of nitrogens with one attached hydrogen (secondary N) is 2. The van der Waals surface area contributed by atoms with E-state index in [1.807, 2.05) is 6.92 Å². The number of carbonyl (C=O) groups is 1. The van der Waals surface area contributed by atoms with Crippen molar-refractivity contribution in [2.45, 2.75) is 13.8 Å². The van der Waals surface area contributed by atoms with Crippen LogP contribution in [0.3, 0.4) is 0 Å². The summed E-state index contributed by atoms with van der Waals surface area (Å²) >= 11 is 1.14. The van der Waals surface area contributed by atoms with E-state index >= 15 is 0 Å². The molecule has 2 aromatic rings. The number of thiazole rings is 1. The third kappa shape index (κ3) is 4.07. The molecule has 8 nitrogen and oxygen atoms in total. The number of aliphatic imine (C=N–C) groups is 2. The van der Waals surface area contributed by atoms with E-state index in [9.17, 15) is 9.90 Å². The van der Waals surface area contributed by atoms with Crippen molar-refractivity contribution in [1.82, 2.24) is 4.98 Å². The van der Waals surface area contributed by atoms with Gasteiger partial charge in [0, 0.05) is 12.6 Å². The molecule has 2 rings (SSSR count). The molecular weight excluding hydrogens is 328 g/mol. The predicted octanol–water partition coefficient (Wildman–Crippen LogP) is 2.10. The molecule has 126 valence electrons. The number of aryl methyl sites for hydroxylation is 1.